The molecule has 2 aliphatic heterocycles. The maximum Gasteiger partial charge on any atom is 0.316 e. The summed E-state index contributed by atoms with van der Waals surface area (Å²) in [4.78, 5) is 15.7. The summed E-state index contributed by atoms with van der Waals surface area (Å²) in [6.45, 7) is 2.88. The van der Waals surface area contributed by atoms with Crippen LogP contribution < -0.4 is 4.74 Å². The van der Waals surface area contributed by atoms with Gasteiger partial charge in [-0.2, -0.15) is 5.10 Å². The van der Waals surface area contributed by atoms with E-state index in [0.29, 0.717) is 18.1 Å². The summed E-state index contributed by atoms with van der Waals surface area (Å²) in [6.07, 6.45) is 9.16. The van der Waals surface area contributed by atoms with E-state index in [9.17, 15) is 0 Å². The molecule has 2 aliphatic rings. The molecular formula is C18H20N6O. The lowest BCUT2D eigenvalue weighted by Crippen LogP contribution is -2.38. The van der Waals surface area contributed by atoms with Crippen LogP contribution in [0.25, 0.3) is 5.65 Å². The lowest BCUT2D eigenvalue weighted by Gasteiger charge is -2.36. The Balaban J connectivity index is 1.49. The molecule has 0 spiro atoms. The van der Waals surface area contributed by atoms with Crippen molar-refractivity contribution in [1.29, 1.82) is 0 Å². The number of fused-ring (bicyclic) bond motifs is 6. The van der Waals surface area contributed by atoms with Crippen LogP contribution in [0.2, 0.25) is 0 Å². The van der Waals surface area contributed by atoms with Crippen LogP contribution in [0.1, 0.15) is 41.4 Å². The lowest BCUT2D eigenvalue weighted by atomic mass is 9.98. The summed E-state index contributed by atoms with van der Waals surface area (Å²) >= 11 is 0. The van der Waals surface area contributed by atoms with Crippen LogP contribution in [0.3, 0.4) is 0 Å². The third-order valence-electron chi connectivity index (χ3n) is 5.40. The average molecular weight is 336 g/mol. The molecule has 3 aromatic heterocycles. The molecule has 0 aliphatic carbocycles. The topological polar surface area (TPSA) is 68.4 Å². The minimum absolute atomic E-state index is 0.400. The molecule has 7 heteroatoms. The standard InChI is InChI=1S/C18H20N6O/c1-11-5-17-19-9-14-15-4-3-13(6-16(14)24(17)22-11)23(15)10-12-7-20-18(25-2)21-8-12/h5,7-9,13,15H,3-4,6,10H2,1-2H3/t13-,15-/m0/s1. The molecule has 3 aromatic rings. The van der Waals surface area contributed by atoms with Gasteiger partial charge in [-0.05, 0) is 19.8 Å². The van der Waals surface area contributed by atoms with Crippen LogP contribution in [0.5, 0.6) is 6.01 Å². The van der Waals surface area contributed by atoms with Crippen LogP contribution in [-0.2, 0) is 13.0 Å². The highest BCUT2D eigenvalue weighted by Gasteiger charge is 2.41. The van der Waals surface area contributed by atoms with E-state index in [4.69, 9.17) is 4.74 Å². The maximum absolute atomic E-state index is 5.05. The van der Waals surface area contributed by atoms with Gasteiger partial charge in [0.05, 0.1) is 18.5 Å². The molecule has 0 radical (unpaired) electrons. The summed E-state index contributed by atoms with van der Waals surface area (Å²) in [5.41, 5.74) is 5.73. The zero-order valence-corrected chi connectivity index (χ0v) is 14.4. The highest BCUT2D eigenvalue weighted by atomic mass is 16.5. The van der Waals surface area contributed by atoms with E-state index in [2.05, 4.69) is 31.1 Å². The van der Waals surface area contributed by atoms with Gasteiger partial charge < -0.3 is 4.74 Å². The molecule has 0 aromatic carbocycles. The van der Waals surface area contributed by atoms with Crippen molar-refractivity contribution in [3.05, 3.63) is 47.2 Å². The fourth-order valence-electron chi connectivity index (χ4n) is 4.28. The maximum atomic E-state index is 5.05. The fraction of sp³-hybridized carbons (Fsp3) is 0.444. The molecule has 2 atom stereocenters. The van der Waals surface area contributed by atoms with Crippen LogP contribution in [-0.4, -0.2) is 42.6 Å². The number of methoxy groups -OCH3 is 1. The van der Waals surface area contributed by atoms with Crippen LogP contribution in [0, 0.1) is 6.92 Å². The van der Waals surface area contributed by atoms with Gasteiger partial charge in [-0.3, -0.25) is 4.90 Å². The van der Waals surface area contributed by atoms with Crippen LogP contribution >= 0.6 is 0 Å². The first-order valence-corrected chi connectivity index (χ1v) is 8.68. The van der Waals surface area contributed by atoms with Gasteiger partial charge in [0.1, 0.15) is 0 Å². The third-order valence-corrected chi connectivity index (χ3v) is 5.40. The van der Waals surface area contributed by atoms with Gasteiger partial charge in [0.15, 0.2) is 5.65 Å². The molecule has 0 unspecified atom stereocenters. The van der Waals surface area contributed by atoms with E-state index in [0.717, 1.165) is 29.9 Å². The molecule has 5 rings (SSSR count). The SMILES string of the molecule is COc1ncc(CN2[C@H]3CC[C@H]2c2cnc4cc(C)nn4c2C3)cn1. The Hall–Kier alpha value is -2.54. The Morgan fingerprint density at radius 1 is 1.16 bits per heavy atom. The normalized spacial score (nSPS) is 22.3. The van der Waals surface area contributed by atoms with E-state index in [1.54, 1.807) is 7.11 Å². The van der Waals surface area contributed by atoms with E-state index in [-0.39, 0.29) is 0 Å². The van der Waals surface area contributed by atoms with Gasteiger partial charge >= 0.3 is 6.01 Å². The molecule has 2 bridgehead atoms. The predicted octanol–water partition coefficient (Wildman–Crippen LogP) is 2.10. The Morgan fingerprint density at radius 2 is 2.00 bits per heavy atom. The second-order valence-corrected chi connectivity index (χ2v) is 6.92. The zero-order valence-electron chi connectivity index (χ0n) is 14.4. The fourth-order valence-corrected chi connectivity index (χ4v) is 4.28. The van der Waals surface area contributed by atoms with Gasteiger partial charge in [0.2, 0.25) is 0 Å². The van der Waals surface area contributed by atoms with E-state index in [1.165, 1.54) is 24.1 Å². The van der Waals surface area contributed by atoms with Crippen molar-refractivity contribution in [3.63, 3.8) is 0 Å². The Kier molecular flexibility index (Phi) is 3.24. The first-order valence-electron chi connectivity index (χ1n) is 8.68. The number of rotatable bonds is 3. The van der Waals surface area contributed by atoms with Crippen molar-refractivity contribution >= 4 is 5.65 Å². The van der Waals surface area contributed by atoms with Gasteiger partial charge in [0, 0.05) is 60.8 Å². The number of ether oxygens (including phenoxy) is 1. The van der Waals surface area contributed by atoms with Gasteiger partial charge in [-0.15, -0.1) is 0 Å². The Morgan fingerprint density at radius 3 is 2.80 bits per heavy atom. The predicted molar refractivity (Wildman–Crippen MR) is 91.3 cm³/mol. The smallest absolute Gasteiger partial charge is 0.316 e. The average Bonchev–Trinajstić information content (AvgIpc) is 3.13. The molecule has 0 amide bonds. The molecule has 7 nitrogen and oxygen atoms in total. The van der Waals surface area contributed by atoms with Crippen LogP contribution in [0.15, 0.2) is 24.7 Å². The first kappa shape index (κ1) is 14.8. The second kappa shape index (κ2) is 5.49. The summed E-state index contributed by atoms with van der Waals surface area (Å²) in [7, 11) is 1.58. The minimum atomic E-state index is 0.400. The molecular weight excluding hydrogens is 316 g/mol. The highest BCUT2D eigenvalue weighted by molar-refractivity contribution is 5.44. The molecule has 0 saturated carbocycles. The second-order valence-electron chi connectivity index (χ2n) is 6.92. The lowest BCUT2D eigenvalue weighted by molar-refractivity contribution is 0.164. The third kappa shape index (κ3) is 2.30. The molecule has 128 valence electrons. The van der Waals surface area contributed by atoms with Crippen molar-refractivity contribution in [2.24, 2.45) is 0 Å². The largest absolute Gasteiger partial charge is 0.467 e. The van der Waals surface area contributed by atoms with E-state index < -0.39 is 0 Å². The van der Waals surface area contributed by atoms with Crippen molar-refractivity contribution in [2.75, 3.05) is 7.11 Å². The van der Waals surface area contributed by atoms with Gasteiger partial charge in [-0.25, -0.2) is 19.5 Å². The zero-order chi connectivity index (χ0) is 17.0. The van der Waals surface area contributed by atoms with Crippen molar-refractivity contribution in [1.82, 2.24) is 29.5 Å². The number of aromatic nitrogens is 5. The molecule has 0 N–H and O–H groups in total. The molecule has 5 heterocycles. The number of hydrogen-bond acceptors (Lipinski definition) is 6. The number of hydrogen-bond donors (Lipinski definition) is 0. The van der Waals surface area contributed by atoms with Gasteiger partial charge in [0.25, 0.3) is 0 Å². The molecule has 1 saturated heterocycles. The van der Waals surface area contributed by atoms with Crippen molar-refractivity contribution < 1.29 is 4.74 Å². The molecule has 25 heavy (non-hydrogen) atoms. The summed E-state index contributed by atoms with van der Waals surface area (Å²) in [6, 6.07) is 3.40. The summed E-state index contributed by atoms with van der Waals surface area (Å²) in [5.74, 6) is 0. The van der Waals surface area contributed by atoms with Crippen LogP contribution in [0.4, 0.5) is 0 Å². The van der Waals surface area contributed by atoms with E-state index >= 15 is 0 Å². The summed E-state index contributed by atoms with van der Waals surface area (Å²) < 4.78 is 7.09. The minimum Gasteiger partial charge on any atom is -0.467 e. The first-order chi connectivity index (χ1) is 12.2. The van der Waals surface area contributed by atoms with Gasteiger partial charge in [-0.1, -0.05) is 0 Å². The Bertz CT molecular complexity index is 935. The Labute approximate surface area is 145 Å². The van der Waals surface area contributed by atoms with E-state index in [1.807, 2.05) is 29.9 Å². The number of nitrogens with zero attached hydrogens (tertiary/aromatic N) is 6. The quantitative estimate of drug-likeness (QED) is 0.730. The highest BCUT2D eigenvalue weighted by Crippen LogP contribution is 2.44. The van der Waals surface area contributed by atoms with Crippen molar-refractivity contribution in [2.45, 2.75) is 44.8 Å². The molecule has 1 fully saturated rings. The number of aryl methyl sites for hydroxylation is 1. The van der Waals surface area contributed by atoms with Crippen molar-refractivity contribution in [3.8, 4) is 6.01 Å². The summed E-state index contributed by atoms with van der Waals surface area (Å²) in [5, 5.41) is 4.65. The monoisotopic (exact) mass is 336 g/mol.